The van der Waals surface area contributed by atoms with E-state index in [1.54, 1.807) is 0 Å². The molecule has 0 aliphatic heterocycles. The molecule has 0 heterocycles. The lowest BCUT2D eigenvalue weighted by atomic mass is 9.98. The van der Waals surface area contributed by atoms with Gasteiger partial charge in [0.25, 0.3) is 0 Å². The van der Waals surface area contributed by atoms with Gasteiger partial charge in [-0.25, -0.2) is 0 Å². The summed E-state index contributed by atoms with van der Waals surface area (Å²) in [5.74, 6) is 0. The van der Waals surface area contributed by atoms with Gasteiger partial charge >= 0.3 is 0 Å². The van der Waals surface area contributed by atoms with Crippen molar-refractivity contribution in [1.29, 1.82) is 0 Å². The SMILES string of the molecule is Cc1ccc2ccc(C)c(C(N)=S)c2c1. The standard InChI is InChI=1S/C13H13NS/c1-8-3-5-10-6-4-9(2)12(13(14)15)11(10)7-8/h3-7H,1-2H3,(H2,14,15). The van der Waals surface area contributed by atoms with Crippen LogP contribution in [0.5, 0.6) is 0 Å². The summed E-state index contributed by atoms with van der Waals surface area (Å²) in [4.78, 5) is 0.476. The highest BCUT2D eigenvalue weighted by molar-refractivity contribution is 7.80. The molecule has 15 heavy (non-hydrogen) atoms. The molecule has 0 saturated heterocycles. The zero-order valence-electron chi connectivity index (χ0n) is 8.87. The first-order chi connectivity index (χ1) is 7.09. The van der Waals surface area contributed by atoms with Crippen LogP contribution in [-0.2, 0) is 0 Å². The van der Waals surface area contributed by atoms with E-state index in [0.29, 0.717) is 4.99 Å². The zero-order valence-corrected chi connectivity index (χ0v) is 9.69. The van der Waals surface area contributed by atoms with Crippen molar-refractivity contribution in [3.8, 4) is 0 Å². The fourth-order valence-electron chi connectivity index (χ4n) is 1.87. The van der Waals surface area contributed by atoms with Gasteiger partial charge in [0.1, 0.15) is 4.99 Å². The van der Waals surface area contributed by atoms with Crippen molar-refractivity contribution >= 4 is 28.0 Å². The second-order valence-electron chi connectivity index (χ2n) is 3.85. The molecule has 1 nitrogen and oxygen atoms in total. The molecule has 0 aliphatic carbocycles. The zero-order chi connectivity index (χ0) is 11.0. The van der Waals surface area contributed by atoms with Gasteiger partial charge in [-0.05, 0) is 30.2 Å². The quantitative estimate of drug-likeness (QED) is 0.740. The largest absolute Gasteiger partial charge is 0.389 e. The molecular weight excluding hydrogens is 202 g/mol. The molecule has 2 aromatic rings. The normalized spacial score (nSPS) is 10.5. The highest BCUT2D eigenvalue weighted by Crippen LogP contribution is 2.23. The Labute approximate surface area is 94.9 Å². The van der Waals surface area contributed by atoms with E-state index in [4.69, 9.17) is 18.0 Å². The van der Waals surface area contributed by atoms with Crippen molar-refractivity contribution in [2.45, 2.75) is 13.8 Å². The minimum absolute atomic E-state index is 0.476. The van der Waals surface area contributed by atoms with E-state index >= 15 is 0 Å². The third kappa shape index (κ3) is 1.73. The van der Waals surface area contributed by atoms with Crippen molar-refractivity contribution < 1.29 is 0 Å². The molecule has 2 rings (SSSR count). The first-order valence-corrected chi connectivity index (χ1v) is 5.30. The average Bonchev–Trinajstić information content (AvgIpc) is 2.16. The molecule has 0 saturated carbocycles. The van der Waals surface area contributed by atoms with Gasteiger partial charge in [0, 0.05) is 5.56 Å². The van der Waals surface area contributed by atoms with E-state index in [9.17, 15) is 0 Å². The number of benzene rings is 2. The molecular formula is C13H13NS. The van der Waals surface area contributed by atoms with Gasteiger partial charge in [-0.3, -0.25) is 0 Å². The van der Waals surface area contributed by atoms with Gasteiger partial charge in [0.2, 0.25) is 0 Å². The molecule has 0 aliphatic rings. The van der Waals surface area contributed by atoms with Gasteiger partial charge in [0.05, 0.1) is 0 Å². The van der Waals surface area contributed by atoms with E-state index in [1.807, 2.05) is 6.92 Å². The molecule has 0 fully saturated rings. The lowest BCUT2D eigenvalue weighted by Crippen LogP contribution is -2.11. The fraction of sp³-hybridized carbons (Fsp3) is 0.154. The van der Waals surface area contributed by atoms with Gasteiger partial charge < -0.3 is 5.73 Å². The Balaban J connectivity index is 2.90. The first kappa shape index (κ1) is 10.1. The molecule has 2 aromatic carbocycles. The molecule has 0 unspecified atom stereocenters. The van der Waals surface area contributed by atoms with Crippen molar-refractivity contribution in [3.05, 3.63) is 47.0 Å². The second-order valence-corrected chi connectivity index (χ2v) is 4.29. The summed E-state index contributed by atoms with van der Waals surface area (Å²) >= 11 is 5.10. The maximum Gasteiger partial charge on any atom is 0.104 e. The number of hydrogen-bond acceptors (Lipinski definition) is 1. The van der Waals surface area contributed by atoms with Crippen LogP contribution in [0.2, 0.25) is 0 Å². The third-order valence-electron chi connectivity index (χ3n) is 2.63. The summed E-state index contributed by atoms with van der Waals surface area (Å²) in [6.45, 7) is 4.11. The molecule has 0 spiro atoms. The molecule has 0 radical (unpaired) electrons. The van der Waals surface area contributed by atoms with Crippen molar-refractivity contribution in [2.24, 2.45) is 5.73 Å². The molecule has 0 atom stereocenters. The lowest BCUT2D eigenvalue weighted by Gasteiger charge is -2.09. The summed E-state index contributed by atoms with van der Waals surface area (Å²) < 4.78 is 0. The maximum absolute atomic E-state index is 5.76. The number of nitrogens with two attached hydrogens (primary N) is 1. The number of thiocarbonyl (C=S) groups is 1. The Hall–Kier alpha value is -1.41. The summed E-state index contributed by atoms with van der Waals surface area (Å²) in [5.41, 5.74) is 9.13. The topological polar surface area (TPSA) is 26.0 Å². The monoisotopic (exact) mass is 215 g/mol. The minimum Gasteiger partial charge on any atom is -0.389 e. The molecule has 76 valence electrons. The van der Waals surface area contributed by atoms with Gasteiger partial charge in [-0.1, -0.05) is 48.1 Å². The van der Waals surface area contributed by atoms with Gasteiger partial charge in [0.15, 0.2) is 0 Å². The first-order valence-electron chi connectivity index (χ1n) is 4.89. The Kier molecular flexibility index (Phi) is 2.45. The van der Waals surface area contributed by atoms with Crippen molar-refractivity contribution in [1.82, 2.24) is 0 Å². The van der Waals surface area contributed by atoms with Crippen LogP contribution < -0.4 is 5.73 Å². The van der Waals surface area contributed by atoms with Crippen LogP contribution in [0.25, 0.3) is 10.8 Å². The molecule has 0 aromatic heterocycles. The smallest absolute Gasteiger partial charge is 0.104 e. The number of hydrogen-bond donors (Lipinski definition) is 1. The summed E-state index contributed by atoms with van der Waals surface area (Å²) in [5, 5.41) is 2.34. The van der Waals surface area contributed by atoms with Crippen molar-refractivity contribution in [2.75, 3.05) is 0 Å². The average molecular weight is 215 g/mol. The maximum atomic E-state index is 5.76. The number of fused-ring (bicyclic) bond motifs is 1. The van der Waals surface area contributed by atoms with E-state index in [1.165, 1.54) is 10.9 Å². The highest BCUT2D eigenvalue weighted by atomic mass is 32.1. The Bertz CT molecular complexity index is 538. The summed E-state index contributed by atoms with van der Waals surface area (Å²) in [6.07, 6.45) is 0. The molecule has 0 bridgehead atoms. The van der Waals surface area contributed by atoms with Crippen LogP contribution in [0, 0.1) is 13.8 Å². The minimum atomic E-state index is 0.476. The van der Waals surface area contributed by atoms with Crippen LogP contribution in [0.15, 0.2) is 30.3 Å². The molecule has 2 heteroatoms. The van der Waals surface area contributed by atoms with E-state index < -0.39 is 0 Å². The van der Waals surface area contributed by atoms with Gasteiger partial charge in [-0.15, -0.1) is 0 Å². The third-order valence-corrected chi connectivity index (χ3v) is 2.84. The Morgan fingerprint density at radius 1 is 1.13 bits per heavy atom. The predicted molar refractivity (Wildman–Crippen MR) is 69.3 cm³/mol. The van der Waals surface area contributed by atoms with Crippen LogP contribution in [0.1, 0.15) is 16.7 Å². The van der Waals surface area contributed by atoms with Gasteiger partial charge in [-0.2, -0.15) is 0 Å². The van der Waals surface area contributed by atoms with Crippen LogP contribution in [0.4, 0.5) is 0 Å². The van der Waals surface area contributed by atoms with Crippen molar-refractivity contribution in [3.63, 3.8) is 0 Å². The van der Waals surface area contributed by atoms with Crippen LogP contribution >= 0.6 is 12.2 Å². The highest BCUT2D eigenvalue weighted by Gasteiger charge is 2.06. The van der Waals surface area contributed by atoms with E-state index in [0.717, 1.165) is 16.5 Å². The second kappa shape index (κ2) is 3.63. The lowest BCUT2D eigenvalue weighted by molar-refractivity contribution is 1.45. The van der Waals surface area contributed by atoms with Crippen LogP contribution in [-0.4, -0.2) is 4.99 Å². The number of aryl methyl sites for hydroxylation is 2. The molecule has 2 N–H and O–H groups in total. The fourth-order valence-corrected chi connectivity index (χ4v) is 2.14. The predicted octanol–water partition coefficient (Wildman–Crippen LogP) is 3.09. The van der Waals surface area contributed by atoms with E-state index in [2.05, 4.69) is 37.3 Å². The Morgan fingerprint density at radius 3 is 2.47 bits per heavy atom. The summed E-state index contributed by atoms with van der Waals surface area (Å²) in [6, 6.07) is 10.5. The Morgan fingerprint density at radius 2 is 1.80 bits per heavy atom. The summed E-state index contributed by atoms with van der Waals surface area (Å²) in [7, 11) is 0. The number of rotatable bonds is 1. The van der Waals surface area contributed by atoms with Crippen LogP contribution in [0.3, 0.4) is 0 Å². The molecule has 0 amide bonds. The van der Waals surface area contributed by atoms with E-state index in [-0.39, 0.29) is 0 Å².